The predicted octanol–water partition coefficient (Wildman–Crippen LogP) is 6.43. The van der Waals surface area contributed by atoms with Crippen LogP contribution in [0.1, 0.15) is 33.4 Å². The summed E-state index contributed by atoms with van der Waals surface area (Å²) in [6.07, 6.45) is 0. The van der Waals surface area contributed by atoms with Gasteiger partial charge < -0.3 is 0 Å². The van der Waals surface area contributed by atoms with E-state index in [0.29, 0.717) is 0 Å². The number of hydrogen-bond acceptors (Lipinski definition) is 0. The maximum atomic E-state index is 2.40. The van der Waals surface area contributed by atoms with E-state index in [2.05, 4.69) is 65.8 Å². The molecule has 0 saturated heterocycles. The normalized spacial score (nSPS) is 12.1. The van der Waals surface area contributed by atoms with Crippen molar-refractivity contribution < 1.29 is 0 Å². The van der Waals surface area contributed by atoms with E-state index in [1.165, 1.54) is 65.7 Å². The van der Waals surface area contributed by atoms with Crippen LogP contribution < -0.4 is 0 Å². The van der Waals surface area contributed by atoms with Crippen LogP contribution in [-0.2, 0) is 0 Å². The van der Waals surface area contributed by atoms with Gasteiger partial charge in [0, 0.05) is 0 Å². The Morgan fingerprint density at radius 3 is 1.95 bits per heavy atom. The minimum Gasteiger partial charge on any atom is -0.0537 e. The third-order valence-electron chi connectivity index (χ3n) is 5.78. The van der Waals surface area contributed by atoms with E-state index in [9.17, 15) is 0 Å². The van der Waals surface area contributed by atoms with Gasteiger partial charge in [-0.05, 0) is 107 Å². The van der Waals surface area contributed by atoms with Gasteiger partial charge in [-0.25, -0.2) is 0 Å². The minimum absolute atomic E-state index is 1.37. The van der Waals surface area contributed by atoms with Crippen molar-refractivity contribution in [2.45, 2.75) is 41.5 Å². The summed E-state index contributed by atoms with van der Waals surface area (Å²) in [4.78, 5) is 0. The molecule has 0 nitrogen and oxygen atoms in total. The Balaban J connectivity index is 2.48. The van der Waals surface area contributed by atoms with Crippen LogP contribution in [0.4, 0.5) is 0 Å². The summed E-state index contributed by atoms with van der Waals surface area (Å²) in [6, 6.07) is 9.36. The van der Waals surface area contributed by atoms with Crippen LogP contribution >= 0.6 is 0 Å². The molecule has 0 fully saturated rings. The van der Waals surface area contributed by atoms with Crippen LogP contribution in [-0.4, -0.2) is 0 Å². The first-order valence-corrected chi connectivity index (χ1v) is 8.07. The van der Waals surface area contributed by atoms with E-state index in [-0.39, 0.29) is 0 Å². The summed E-state index contributed by atoms with van der Waals surface area (Å²) >= 11 is 0. The Hall–Kier alpha value is -2.08. The molecule has 4 aromatic rings. The molecule has 0 amide bonds. The van der Waals surface area contributed by atoms with Gasteiger partial charge in [0.2, 0.25) is 0 Å². The zero-order chi connectivity index (χ0) is 15.8. The lowest BCUT2D eigenvalue weighted by atomic mass is 9.83. The molecule has 0 aliphatic rings. The Kier molecular flexibility index (Phi) is 2.61. The Bertz CT molecular complexity index is 1060. The monoisotopic (exact) mass is 286 g/mol. The van der Waals surface area contributed by atoms with Gasteiger partial charge in [-0.3, -0.25) is 0 Å². The van der Waals surface area contributed by atoms with E-state index in [0.717, 1.165) is 0 Å². The smallest absolute Gasteiger partial charge is 0.00185 e. The van der Waals surface area contributed by atoms with Crippen LogP contribution in [0.2, 0.25) is 0 Å². The Morgan fingerprint density at radius 2 is 1.23 bits per heavy atom. The summed E-state index contributed by atoms with van der Waals surface area (Å²) < 4.78 is 0. The molecule has 0 unspecified atom stereocenters. The molecule has 4 rings (SSSR count). The molecule has 0 atom stereocenters. The van der Waals surface area contributed by atoms with Crippen molar-refractivity contribution in [1.82, 2.24) is 0 Å². The number of benzene rings is 4. The molecule has 0 spiro atoms. The highest BCUT2D eigenvalue weighted by atomic mass is 14.2. The molecule has 0 aromatic heterocycles. The summed E-state index contributed by atoms with van der Waals surface area (Å²) in [5, 5.41) is 8.59. The molecule has 0 heteroatoms. The minimum atomic E-state index is 1.37. The van der Waals surface area contributed by atoms with Crippen LogP contribution in [0.15, 0.2) is 24.3 Å². The van der Waals surface area contributed by atoms with Gasteiger partial charge in [-0.1, -0.05) is 24.3 Å². The highest BCUT2D eigenvalue weighted by molar-refractivity contribution is 6.26. The zero-order valence-electron chi connectivity index (χ0n) is 14.3. The lowest BCUT2D eigenvalue weighted by Crippen LogP contribution is -1.97. The van der Waals surface area contributed by atoms with Gasteiger partial charge in [0.1, 0.15) is 0 Å². The van der Waals surface area contributed by atoms with Crippen LogP contribution in [0.3, 0.4) is 0 Å². The highest BCUT2D eigenvalue weighted by Gasteiger charge is 2.17. The van der Waals surface area contributed by atoms with Crippen molar-refractivity contribution in [3.8, 4) is 0 Å². The van der Waals surface area contributed by atoms with Crippen molar-refractivity contribution in [1.29, 1.82) is 0 Å². The Labute approximate surface area is 132 Å². The van der Waals surface area contributed by atoms with E-state index >= 15 is 0 Å². The van der Waals surface area contributed by atoms with Gasteiger partial charge in [-0.15, -0.1) is 0 Å². The molecule has 0 N–H and O–H groups in total. The molecule has 0 aliphatic heterocycles. The van der Waals surface area contributed by atoms with Gasteiger partial charge in [0.25, 0.3) is 0 Å². The van der Waals surface area contributed by atoms with Gasteiger partial charge in [0.05, 0.1) is 0 Å². The molecular weight excluding hydrogens is 264 g/mol. The maximum Gasteiger partial charge on any atom is -0.00185 e. The topological polar surface area (TPSA) is 0 Å². The van der Waals surface area contributed by atoms with Crippen molar-refractivity contribution in [2.75, 3.05) is 0 Å². The van der Waals surface area contributed by atoms with E-state index in [1.54, 1.807) is 0 Å². The molecule has 0 bridgehead atoms. The van der Waals surface area contributed by atoms with E-state index in [1.807, 2.05) is 0 Å². The number of hydrogen-bond donors (Lipinski definition) is 0. The van der Waals surface area contributed by atoms with Crippen molar-refractivity contribution in [2.24, 2.45) is 0 Å². The number of aryl methyl sites for hydroxylation is 5. The third-order valence-corrected chi connectivity index (χ3v) is 5.78. The summed E-state index contributed by atoms with van der Waals surface area (Å²) in [5.41, 5.74) is 8.50. The summed E-state index contributed by atoms with van der Waals surface area (Å²) in [5.74, 6) is 0. The molecular formula is C22H22. The van der Waals surface area contributed by atoms with Crippen LogP contribution in [0.25, 0.3) is 32.3 Å². The largest absolute Gasteiger partial charge is 0.0537 e. The average Bonchev–Trinajstić information content (AvgIpc) is 2.49. The fourth-order valence-electron chi connectivity index (χ4n) is 4.16. The average molecular weight is 286 g/mol. The first-order chi connectivity index (χ1) is 10.4. The SMILES string of the molecule is Cc1cc2ccc3c(C)c(C)c(C)c4c(C)cc(c1C)c2c34. The van der Waals surface area contributed by atoms with E-state index in [4.69, 9.17) is 0 Å². The number of rotatable bonds is 0. The predicted molar refractivity (Wildman–Crippen MR) is 98.6 cm³/mol. The maximum absolute atomic E-state index is 2.40. The van der Waals surface area contributed by atoms with E-state index < -0.39 is 0 Å². The van der Waals surface area contributed by atoms with Gasteiger partial charge in [0.15, 0.2) is 0 Å². The molecule has 110 valence electrons. The first-order valence-electron chi connectivity index (χ1n) is 8.07. The molecule has 4 aromatic carbocycles. The quantitative estimate of drug-likeness (QED) is 0.326. The fraction of sp³-hybridized carbons (Fsp3) is 0.273. The second-order valence-electron chi connectivity index (χ2n) is 6.90. The summed E-state index contributed by atoms with van der Waals surface area (Å²) in [6.45, 7) is 13.5. The standard InChI is InChI=1S/C22H22/c1-11-9-17-7-8-18-15(5)14(4)16(6)20-12(2)10-19(13(11)3)21(17)22(18)20/h7-10H,1-6H3. The zero-order valence-corrected chi connectivity index (χ0v) is 14.3. The molecule has 0 saturated carbocycles. The first kappa shape index (κ1) is 13.6. The summed E-state index contributed by atoms with van der Waals surface area (Å²) in [7, 11) is 0. The van der Waals surface area contributed by atoms with Crippen LogP contribution in [0.5, 0.6) is 0 Å². The molecule has 0 radical (unpaired) electrons. The third kappa shape index (κ3) is 1.48. The van der Waals surface area contributed by atoms with Crippen molar-refractivity contribution in [3.63, 3.8) is 0 Å². The van der Waals surface area contributed by atoms with Gasteiger partial charge >= 0.3 is 0 Å². The van der Waals surface area contributed by atoms with Crippen LogP contribution in [0, 0.1) is 41.5 Å². The highest BCUT2D eigenvalue weighted by Crippen LogP contribution is 2.42. The lowest BCUT2D eigenvalue weighted by Gasteiger charge is -2.20. The molecule has 0 heterocycles. The van der Waals surface area contributed by atoms with Crippen molar-refractivity contribution >= 4 is 32.3 Å². The second-order valence-corrected chi connectivity index (χ2v) is 6.90. The lowest BCUT2D eigenvalue weighted by molar-refractivity contribution is 1.31. The van der Waals surface area contributed by atoms with Gasteiger partial charge in [-0.2, -0.15) is 0 Å². The Morgan fingerprint density at radius 1 is 0.500 bits per heavy atom. The van der Waals surface area contributed by atoms with Crippen molar-refractivity contribution in [3.05, 3.63) is 57.6 Å². The molecule has 22 heavy (non-hydrogen) atoms. The molecule has 0 aliphatic carbocycles. The second kappa shape index (κ2) is 4.23. The fourth-order valence-corrected chi connectivity index (χ4v) is 4.16.